The van der Waals surface area contributed by atoms with Crippen LogP contribution >= 0.6 is 11.6 Å². The van der Waals surface area contributed by atoms with Crippen molar-refractivity contribution in [1.82, 2.24) is 29.7 Å². The first-order valence-electron chi connectivity index (χ1n) is 13.9. The fraction of sp³-hybridized carbons (Fsp3) is 0.300. The lowest BCUT2D eigenvalue weighted by molar-refractivity contribution is -0.385. The average molecular weight is 623 g/mol. The lowest BCUT2D eigenvalue weighted by Gasteiger charge is -2.29. The average Bonchev–Trinajstić information content (AvgIpc) is 3.52. The monoisotopic (exact) mass is 622 g/mol. The topological polar surface area (TPSA) is 148 Å². The maximum atomic E-state index is 14.5. The van der Waals surface area contributed by atoms with E-state index in [1.54, 1.807) is 37.4 Å². The Morgan fingerprint density at radius 2 is 1.86 bits per heavy atom. The van der Waals surface area contributed by atoms with Gasteiger partial charge in [-0.2, -0.15) is 14.4 Å². The highest BCUT2D eigenvalue weighted by atomic mass is 35.5. The number of anilines is 1. The summed E-state index contributed by atoms with van der Waals surface area (Å²) in [5.74, 6) is -0.485. The Morgan fingerprint density at radius 3 is 2.50 bits per heavy atom. The predicted molar refractivity (Wildman–Crippen MR) is 163 cm³/mol. The number of nitro groups is 1. The van der Waals surface area contributed by atoms with Crippen LogP contribution in [0.25, 0.3) is 5.82 Å². The molecular formula is C30H32ClFN8O4. The molecule has 0 saturated heterocycles. The number of halogens is 2. The molecule has 1 atom stereocenters. The van der Waals surface area contributed by atoms with Gasteiger partial charge in [-0.25, -0.2) is 4.98 Å². The van der Waals surface area contributed by atoms with E-state index in [2.05, 4.69) is 25.6 Å². The fourth-order valence-electron chi connectivity index (χ4n) is 4.60. The van der Waals surface area contributed by atoms with Crippen molar-refractivity contribution in [2.45, 2.75) is 46.3 Å². The molecule has 1 unspecified atom stereocenters. The minimum Gasteiger partial charge on any atom is -0.358 e. The number of rotatable bonds is 13. The first-order chi connectivity index (χ1) is 21.0. The number of nitrogens with one attached hydrogen (secondary N) is 2. The Bertz CT molecular complexity index is 1620. The number of hydrogen-bond donors (Lipinski definition) is 2. The Hall–Kier alpha value is -4.91. The van der Waals surface area contributed by atoms with E-state index in [0.717, 1.165) is 5.56 Å². The standard InChI is InChI=1S/C30H32ClFN8O4/c1-4-34-28(41)21-7-8-22(25(14-21)40(43)44)17-39(16-20-5-9-23(31)10-6-20)29(42)24(13-19(2)3)35-26-15-27(37-30(32)36-26)38-12-11-33-18-38/h5-12,14-15,18-19,24H,4,13,16-17H2,1-3H3,(H,34,41)(H,35,36,37). The number of imidazole rings is 1. The minimum absolute atomic E-state index is 0.0410. The lowest BCUT2D eigenvalue weighted by atomic mass is 10.0. The van der Waals surface area contributed by atoms with E-state index in [4.69, 9.17) is 11.6 Å². The minimum atomic E-state index is -0.990. The summed E-state index contributed by atoms with van der Waals surface area (Å²) < 4.78 is 16.0. The van der Waals surface area contributed by atoms with E-state index in [1.165, 1.54) is 46.3 Å². The molecule has 0 saturated carbocycles. The predicted octanol–water partition coefficient (Wildman–Crippen LogP) is 5.17. The highest BCUT2D eigenvalue weighted by molar-refractivity contribution is 6.30. The van der Waals surface area contributed by atoms with E-state index in [0.29, 0.717) is 18.0 Å². The molecule has 0 aliphatic rings. The molecule has 44 heavy (non-hydrogen) atoms. The molecule has 0 radical (unpaired) electrons. The molecule has 4 aromatic rings. The summed E-state index contributed by atoms with van der Waals surface area (Å²) in [6, 6.07) is 11.7. The normalized spacial score (nSPS) is 11.7. The summed E-state index contributed by atoms with van der Waals surface area (Å²) in [4.78, 5) is 51.2. The molecule has 230 valence electrons. The van der Waals surface area contributed by atoms with E-state index < -0.39 is 23.0 Å². The Balaban J connectivity index is 1.70. The van der Waals surface area contributed by atoms with Gasteiger partial charge in [-0.15, -0.1) is 0 Å². The van der Waals surface area contributed by atoms with Crippen LogP contribution in [0.2, 0.25) is 5.02 Å². The Morgan fingerprint density at radius 1 is 1.11 bits per heavy atom. The lowest BCUT2D eigenvalue weighted by Crippen LogP contribution is -2.43. The SMILES string of the molecule is CCNC(=O)c1ccc(CN(Cc2ccc(Cl)cc2)C(=O)C(CC(C)C)Nc2cc(-n3ccnc3)nc(F)n2)c([N+](=O)[O-])c1. The molecule has 0 bridgehead atoms. The van der Waals surface area contributed by atoms with Gasteiger partial charge in [-0.1, -0.05) is 37.6 Å². The number of carbonyl (C=O) groups excluding carboxylic acids is 2. The molecule has 12 nitrogen and oxygen atoms in total. The molecule has 0 spiro atoms. The van der Waals surface area contributed by atoms with Crippen molar-refractivity contribution >= 4 is 34.9 Å². The highest BCUT2D eigenvalue weighted by Crippen LogP contribution is 2.25. The van der Waals surface area contributed by atoms with Crippen molar-refractivity contribution in [3.05, 3.63) is 105 Å². The first kappa shape index (κ1) is 32.0. The zero-order chi connectivity index (χ0) is 31.8. The van der Waals surface area contributed by atoms with Gasteiger partial charge >= 0.3 is 6.08 Å². The van der Waals surface area contributed by atoms with E-state index in [9.17, 15) is 24.1 Å². The van der Waals surface area contributed by atoms with Gasteiger partial charge < -0.3 is 15.5 Å². The number of amides is 2. The molecule has 14 heteroatoms. The number of benzene rings is 2. The highest BCUT2D eigenvalue weighted by Gasteiger charge is 2.29. The second-order valence-electron chi connectivity index (χ2n) is 10.5. The van der Waals surface area contributed by atoms with Crippen molar-refractivity contribution in [2.75, 3.05) is 11.9 Å². The zero-order valence-electron chi connectivity index (χ0n) is 24.4. The molecule has 0 fully saturated rings. The van der Waals surface area contributed by atoms with Crippen LogP contribution in [0.15, 0.2) is 67.3 Å². The molecule has 2 aromatic heterocycles. The van der Waals surface area contributed by atoms with Crippen molar-refractivity contribution in [1.29, 1.82) is 0 Å². The van der Waals surface area contributed by atoms with Crippen molar-refractivity contribution in [3.63, 3.8) is 0 Å². The number of nitro benzene ring substituents is 1. The molecule has 4 rings (SSSR count). The van der Waals surface area contributed by atoms with Gasteiger partial charge in [0.25, 0.3) is 11.6 Å². The third-order valence-corrected chi connectivity index (χ3v) is 6.87. The maximum absolute atomic E-state index is 14.5. The smallest absolute Gasteiger partial charge is 0.312 e. The van der Waals surface area contributed by atoms with Crippen LogP contribution in [0.3, 0.4) is 0 Å². The number of nitrogens with zero attached hydrogens (tertiary/aromatic N) is 6. The van der Waals surface area contributed by atoms with E-state index in [-0.39, 0.29) is 53.4 Å². The third kappa shape index (κ3) is 8.34. The maximum Gasteiger partial charge on any atom is 0.312 e. The molecule has 2 heterocycles. The molecule has 2 amide bonds. The van der Waals surface area contributed by atoms with E-state index >= 15 is 0 Å². The summed E-state index contributed by atoms with van der Waals surface area (Å²) in [7, 11) is 0. The van der Waals surface area contributed by atoms with Crippen LogP contribution in [0.4, 0.5) is 15.9 Å². The van der Waals surface area contributed by atoms with Crippen LogP contribution in [0.1, 0.15) is 48.7 Å². The van der Waals surface area contributed by atoms with Gasteiger partial charge in [-0.05, 0) is 49.1 Å². The molecule has 0 aliphatic heterocycles. The summed E-state index contributed by atoms with van der Waals surface area (Å²) in [5.41, 5.74) is 0.822. The Labute approximate surface area is 258 Å². The van der Waals surface area contributed by atoms with Crippen LogP contribution in [-0.4, -0.2) is 53.7 Å². The third-order valence-electron chi connectivity index (χ3n) is 6.62. The Kier molecular flexibility index (Phi) is 10.6. The van der Waals surface area contributed by atoms with Crippen molar-refractivity contribution in [3.8, 4) is 5.82 Å². The van der Waals surface area contributed by atoms with Gasteiger partial charge in [-0.3, -0.25) is 24.3 Å². The van der Waals surface area contributed by atoms with Gasteiger partial charge in [0.1, 0.15) is 24.0 Å². The fourth-order valence-corrected chi connectivity index (χ4v) is 4.72. The zero-order valence-corrected chi connectivity index (χ0v) is 25.2. The molecule has 2 N–H and O–H groups in total. The number of carbonyl (C=O) groups is 2. The summed E-state index contributed by atoms with van der Waals surface area (Å²) >= 11 is 6.07. The number of hydrogen-bond acceptors (Lipinski definition) is 8. The largest absolute Gasteiger partial charge is 0.358 e. The second-order valence-corrected chi connectivity index (χ2v) is 10.9. The summed E-state index contributed by atoms with van der Waals surface area (Å²) in [6.45, 7) is 5.95. The van der Waals surface area contributed by atoms with Gasteiger partial charge in [0.15, 0.2) is 0 Å². The second kappa shape index (κ2) is 14.5. The van der Waals surface area contributed by atoms with Crippen LogP contribution in [0.5, 0.6) is 0 Å². The molecule has 0 aliphatic carbocycles. The van der Waals surface area contributed by atoms with Crippen molar-refractivity contribution < 1.29 is 18.9 Å². The first-order valence-corrected chi connectivity index (χ1v) is 14.3. The van der Waals surface area contributed by atoms with Crippen LogP contribution in [-0.2, 0) is 17.9 Å². The number of aromatic nitrogens is 4. The van der Waals surface area contributed by atoms with Gasteiger partial charge in [0, 0.05) is 53.8 Å². The van der Waals surface area contributed by atoms with E-state index in [1.807, 2.05) is 13.8 Å². The quantitative estimate of drug-likeness (QED) is 0.118. The van der Waals surface area contributed by atoms with Gasteiger partial charge in [0.2, 0.25) is 5.91 Å². The van der Waals surface area contributed by atoms with Gasteiger partial charge in [0.05, 0.1) is 11.5 Å². The van der Waals surface area contributed by atoms with Crippen molar-refractivity contribution in [2.24, 2.45) is 5.92 Å². The summed E-state index contributed by atoms with van der Waals surface area (Å²) in [5, 5.41) is 18.3. The van der Waals surface area contributed by atoms with Crippen LogP contribution < -0.4 is 10.6 Å². The summed E-state index contributed by atoms with van der Waals surface area (Å²) in [6.07, 6.45) is 3.94. The molecule has 2 aromatic carbocycles. The van der Waals surface area contributed by atoms with Crippen LogP contribution in [0, 0.1) is 22.1 Å². The molecular weight excluding hydrogens is 591 g/mol.